The summed E-state index contributed by atoms with van der Waals surface area (Å²) in [4.78, 5) is 26.0. The summed E-state index contributed by atoms with van der Waals surface area (Å²) < 4.78 is 6.62. The van der Waals surface area contributed by atoms with E-state index in [4.69, 9.17) is 4.74 Å². The van der Waals surface area contributed by atoms with E-state index in [9.17, 15) is 9.59 Å². The minimum atomic E-state index is -0.270. The topological polar surface area (TPSA) is 76.5 Å². The van der Waals surface area contributed by atoms with Crippen molar-refractivity contribution >= 4 is 11.9 Å². The maximum Gasteiger partial charge on any atom is 0.307 e. The van der Waals surface area contributed by atoms with Crippen LogP contribution in [0.25, 0.3) is 0 Å². The lowest BCUT2D eigenvalue weighted by molar-refractivity contribution is -0.141. The SMILES string of the molecule is COC(=O)CC1CCCN1C(=O)c1ccn(C2CCCNC2)n1. The molecule has 0 aromatic carbocycles. The lowest BCUT2D eigenvalue weighted by Crippen LogP contribution is -2.37. The van der Waals surface area contributed by atoms with Crippen LogP contribution in [0, 0.1) is 0 Å². The van der Waals surface area contributed by atoms with Crippen LogP contribution in [0.2, 0.25) is 0 Å². The molecule has 0 saturated carbocycles. The van der Waals surface area contributed by atoms with Gasteiger partial charge in [0.25, 0.3) is 5.91 Å². The predicted molar refractivity (Wildman–Crippen MR) is 84.1 cm³/mol. The molecular weight excluding hydrogens is 296 g/mol. The van der Waals surface area contributed by atoms with Crippen molar-refractivity contribution < 1.29 is 14.3 Å². The van der Waals surface area contributed by atoms with E-state index >= 15 is 0 Å². The highest BCUT2D eigenvalue weighted by molar-refractivity contribution is 5.93. The molecule has 2 atom stereocenters. The summed E-state index contributed by atoms with van der Waals surface area (Å²) in [6.45, 7) is 2.62. The molecule has 0 bridgehead atoms. The molecule has 3 heterocycles. The van der Waals surface area contributed by atoms with Crippen molar-refractivity contribution in [3.8, 4) is 0 Å². The number of esters is 1. The summed E-state index contributed by atoms with van der Waals surface area (Å²) in [7, 11) is 1.38. The Labute approximate surface area is 136 Å². The molecule has 126 valence electrons. The van der Waals surface area contributed by atoms with Crippen molar-refractivity contribution in [1.29, 1.82) is 0 Å². The molecule has 2 aliphatic rings. The largest absolute Gasteiger partial charge is 0.469 e. The van der Waals surface area contributed by atoms with E-state index in [1.54, 1.807) is 11.0 Å². The summed E-state index contributed by atoms with van der Waals surface area (Å²) >= 11 is 0. The number of hydrogen-bond acceptors (Lipinski definition) is 5. The first-order valence-corrected chi connectivity index (χ1v) is 8.32. The molecule has 7 nitrogen and oxygen atoms in total. The first-order valence-electron chi connectivity index (χ1n) is 8.32. The summed E-state index contributed by atoms with van der Waals surface area (Å²) in [5.74, 6) is -0.354. The molecule has 7 heteroatoms. The smallest absolute Gasteiger partial charge is 0.307 e. The number of aromatic nitrogens is 2. The molecule has 1 aromatic heterocycles. The van der Waals surface area contributed by atoms with Crippen LogP contribution in [0.5, 0.6) is 0 Å². The van der Waals surface area contributed by atoms with Crippen LogP contribution < -0.4 is 5.32 Å². The molecule has 2 aliphatic heterocycles. The van der Waals surface area contributed by atoms with Crippen molar-refractivity contribution in [3.05, 3.63) is 18.0 Å². The molecule has 0 radical (unpaired) electrons. The Balaban J connectivity index is 1.67. The Morgan fingerprint density at radius 2 is 2.26 bits per heavy atom. The van der Waals surface area contributed by atoms with Gasteiger partial charge in [0.15, 0.2) is 0 Å². The van der Waals surface area contributed by atoms with E-state index in [-0.39, 0.29) is 24.3 Å². The zero-order valence-electron chi connectivity index (χ0n) is 13.5. The van der Waals surface area contributed by atoms with E-state index in [0.29, 0.717) is 18.3 Å². The Morgan fingerprint density at radius 1 is 1.39 bits per heavy atom. The lowest BCUT2D eigenvalue weighted by Gasteiger charge is -2.24. The Hall–Kier alpha value is -1.89. The minimum absolute atomic E-state index is 0.0727. The number of nitrogens with zero attached hydrogens (tertiary/aromatic N) is 3. The highest BCUT2D eigenvalue weighted by Crippen LogP contribution is 2.23. The Bertz CT molecular complexity index is 565. The molecule has 1 aromatic rings. The van der Waals surface area contributed by atoms with Crippen molar-refractivity contribution in [1.82, 2.24) is 20.0 Å². The standard InChI is InChI=1S/C16H24N4O3/c1-23-15(21)10-12-5-3-8-19(12)16(22)14-6-9-20(18-14)13-4-2-7-17-11-13/h6,9,12-13,17H,2-5,7-8,10-11H2,1H3. The van der Waals surface area contributed by atoms with Gasteiger partial charge in [0.1, 0.15) is 5.69 Å². The summed E-state index contributed by atoms with van der Waals surface area (Å²) in [5.41, 5.74) is 0.465. The zero-order chi connectivity index (χ0) is 16.2. The van der Waals surface area contributed by atoms with Crippen LogP contribution in [-0.2, 0) is 9.53 Å². The third kappa shape index (κ3) is 3.55. The van der Waals surface area contributed by atoms with E-state index < -0.39 is 0 Å². The third-order valence-electron chi connectivity index (χ3n) is 4.74. The quantitative estimate of drug-likeness (QED) is 0.837. The first kappa shape index (κ1) is 16.0. The van der Waals surface area contributed by atoms with Crippen LogP contribution in [0.15, 0.2) is 12.3 Å². The molecule has 0 spiro atoms. The number of piperidine rings is 1. The van der Waals surface area contributed by atoms with Gasteiger partial charge in [-0.1, -0.05) is 0 Å². The van der Waals surface area contributed by atoms with Gasteiger partial charge in [-0.15, -0.1) is 0 Å². The second kappa shape index (κ2) is 7.12. The maximum absolute atomic E-state index is 12.7. The van der Waals surface area contributed by atoms with Gasteiger partial charge >= 0.3 is 5.97 Å². The average molecular weight is 320 g/mol. The highest BCUT2D eigenvalue weighted by Gasteiger charge is 2.32. The van der Waals surface area contributed by atoms with Gasteiger partial charge in [0.05, 0.1) is 19.6 Å². The molecule has 1 amide bonds. The van der Waals surface area contributed by atoms with Gasteiger partial charge in [0.2, 0.25) is 0 Å². The van der Waals surface area contributed by atoms with E-state index in [2.05, 4.69) is 10.4 Å². The number of carbonyl (C=O) groups is 2. The van der Waals surface area contributed by atoms with Gasteiger partial charge in [0, 0.05) is 25.3 Å². The maximum atomic E-state index is 12.7. The van der Waals surface area contributed by atoms with Crippen LogP contribution in [0.3, 0.4) is 0 Å². The van der Waals surface area contributed by atoms with Crippen LogP contribution in [0.4, 0.5) is 0 Å². The van der Waals surface area contributed by atoms with Gasteiger partial charge in [-0.3, -0.25) is 14.3 Å². The van der Waals surface area contributed by atoms with Crippen LogP contribution in [0.1, 0.15) is 48.6 Å². The molecule has 3 rings (SSSR count). The highest BCUT2D eigenvalue weighted by atomic mass is 16.5. The number of rotatable bonds is 4. The summed E-state index contributed by atoms with van der Waals surface area (Å²) in [6.07, 6.45) is 6.11. The molecule has 23 heavy (non-hydrogen) atoms. The molecule has 2 unspecified atom stereocenters. The Kier molecular flexibility index (Phi) is 4.95. The number of carbonyl (C=O) groups excluding carboxylic acids is 2. The molecule has 0 aliphatic carbocycles. The number of nitrogens with one attached hydrogen (secondary N) is 1. The molecular formula is C16H24N4O3. The van der Waals surface area contributed by atoms with Gasteiger partial charge in [-0.25, -0.2) is 0 Å². The first-order chi connectivity index (χ1) is 11.2. The minimum Gasteiger partial charge on any atom is -0.469 e. The Morgan fingerprint density at radius 3 is 3.00 bits per heavy atom. The van der Waals surface area contributed by atoms with Crippen molar-refractivity contribution in [2.75, 3.05) is 26.7 Å². The second-order valence-corrected chi connectivity index (χ2v) is 6.26. The summed E-state index contributed by atoms with van der Waals surface area (Å²) in [6, 6.07) is 2.02. The molecule has 2 saturated heterocycles. The summed E-state index contributed by atoms with van der Waals surface area (Å²) in [5, 5.41) is 7.84. The van der Waals surface area contributed by atoms with Crippen molar-refractivity contribution in [2.45, 2.75) is 44.2 Å². The van der Waals surface area contributed by atoms with Crippen molar-refractivity contribution in [3.63, 3.8) is 0 Å². The average Bonchev–Trinajstić information content (AvgIpc) is 3.24. The van der Waals surface area contributed by atoms with Gasteiger partial charge < -0.3 is 15.0 Å². The third-order valence-corrected chi connectivity index (χ3v) is 4.74. The van der Waals surface area contributed by atoms with E-state index in [1.165, 1.54) is 7.11 Å². The fourth-order valence-corrected chi connectivity index (χ4v) is 3.45. The van der Waals surface area contributed by atoms with Crippen LogP contribution >= 0.6 is 0 Å². The van der Waals surface area contributed by atoms with Crippen molar-refractivity contribution in [2.24, 2.45) is 0 Å². The number of methoxy groups -OCH3 is 1. The number of amides is 1. The molecule has 2 fully saturated rings. The van der Waals surface area contributed by atoms with E-state index in [0.717, 1.165) is 38.8 Å². The van der Waals surface area contributed by atoms with Gasteiger partial charge in [-0.2, -0.15) is 5.10 Å². The fraction of sp³-hybridized carbons (Fsp3) is 0.688. The number of ether oxygens (including phenoxy) is 1. The second-order valence-electron chi connectivity index (χ2n) is 6.26. The van der Waals surface area contributed by atoms with Gasteiger partial charge in [-0.05, 0) is 38.3 Å². The number of hydrogen-bond donors (Lipinski definition) is 1. The van der Waals surface area contributed by atoms with Crippen LogP contribution in [-0.4, -0.2) is 59.3 Å². The predicted octanol–water partition coefficient (Wildman–Crippen LogP) is 0.975. The van der Waals surface area contributed by atoms with E-state index in [1.807, 2.05) is 10.9 Å². The lowest BCUT2D eigenvalue weighted by atomic mass is 10.1. The fourth-order valence-electron chi connectivity index (χ4n) is 3.45. The monoisotopic (exact) mass is 320 g/mol. The number of likely N-dealkylation sites (tertiary alicyclic amines) is 1. The molecule has 1 N–H and O–H groups in total. The zero-order valence-corrected chi connectivity index (χ0v) is 13.5. The normalized spacial score (nSPS) is 24.7.